The third-order valence-electron chi connectivity index (χ3n) is 4.67. The first-order chi connectivity index (χ1) is 10.1. The lowest BCUT2D eigenvalue weighted by Crippen LogP contribution is -2.47. The lowest BCUT2D eigenvalue weighted by atomic mass is 9.78. The Morgan fingerprint density at radius 1 is 1.57 bits per heavy atom. The number of aliphatic imine (C=N–C) groups is 1. The molecule has 1 aliphatic heterocycles. The lowest BCUT2D eigenvalue weighted by Gasteiger charge is -2.36. The van der Waals surface area contributed by atoms with Crippen LogP contribution in [0.4, 0.5) is 0 Å². The standard InChI is InChI=1S/C16H26N4S/c1-4-14-13(10-20(3)19-14)9-17-15-18-16(11-21-15)7-5-6-12(2)8-16/h10,12H,4-9,11H2,1-3H3,(H,17,18). The molecule has 2 unspecified atom stereocenters. The summed E-state index contributed by atoms with van der Waals surface area (Å²) in [5, 5.41) is 9.36. The van der Waals surface area contributed by atoms with Crippen LogP contribution >= 0.6 is 11.8 Å². The molecule has 4 nitrogen and oxygen atoms in total. The summed E-state index contributed by atoms with van der Waals surface area (Å²) in [5.41, 5.74) is 2.75. The summed E-state index contributed by atoms with van der Waals surface area (Å²) in [5.74, 6) is 2.03. The predicted octanol–water partition coefficient (Wildman–Crippen LogP) is 3.12. The molecule has 116 valence electrons. The van der Waals surface area contributed by atoms with E-state index in [1.54, 1.807) is 0 Å². The van der Waals surface area contributed by atoms with Crippen molar-refractivity contribution < 1.29 is 0 Å². The van der Waals surface area contributed by atoms with E-state index in [9.17, 15) is 0 Å². The van der Waals surface area contributed by atoms with Crippen molar-refractivity contribution in [2.75, 3.05) is 5.75 Å². The van der Waals surface area contributed by atoms with Crippen molar-refractivity contribution in [3.8, 4) is 0 Å². The molecule has 5 heteroatoms. The molecule has 0 radical (unpaired) electrons. The molecule has 2 atom stereocenters. The zero-order valence-corrected chi connectivity index (χ0v) is 14.2. The monoisotopic (exact) mass is 306 g/mol. The second-order valence-corrected chi connectivity index (χ2v) is 7.61. The van der Waals surface area contributed by atoms with Crippen LogP contribution in [0.3, 0.4) is 0 Å². The second-order valence-electron chi connectivity index (χ2n) is 6.65. The van der Waals surface area contributed by atoms with Gasteiger partial charge in [-0.3, -0.25) is 9.67 Å². The maximum absolute atomic E-state index is 4.81. The van der Waals surface area contributed by atoms with Crippen molar-refractivity contribution in [2.24, 2.45) is 18.0 Å². The topological polar surface area (TPSA) is 42.2 Å². The van der Waals surface area contributed by atoms with E-state index >= 15 is 0 Å². The minimum atomic E-state index is 0.323. The molecule has 21 heavy (non-hydrogen) atoms. The van der Waals surface area contributed by atoms with Gasteiger partial charge in [-0.05, 0) is 25.2 Å². The Balaban J connectivity index is 1.65. The van der Waals surface area contributed by atoms with Crippen LogP contribution in [0.15, 0.2) is 11.2 Å². The van der Waals surface area contributed by atoms with Gasteiger partial charge >= 0.3 is 0 Å². The molecule has 0 amide bonds. The molecule has 1 saturated carbocycles. The third-order valence-corrected chi connectivity index (χ3v) is 5.87. The number of hydrogen-bond acceptors (Lipinski definition) is 3. The van der Waals surface area contributed by atoms with E-state index in [2.05, 4.69) is 30.5 Å². The van der Waals surface area contributed by atoms with Crippen molar-refractivity contribution in [3.63, 3.8) is 0 Å². The highest BCUT2D eigenvalue weighted by Gasteiger charge is 2.40. The maximum atomic E-state index is 4.81. The van der Waals surface area contributed by atoms with Crippen LogP contribution in [-0.4, -0.2) is 26.2 Å². The Hall–Kier alpha value is -0.970. The number of thioether (sulfide) groups is 1. The molecular weight excluding hydrogens is 280 g/mol. The van der Waals surface area contributed by atoms with E-state index in [1.165, 1.54) is 42.7 Å². The van der Waals surface area contributed by atoms with Gasteiger partial charge in [-0.15, -0.1) is 0 Å². The SMILES string of the molecule is CCc1nn(C)cc1CN=C1NC2(CCCC(C)C2)CS1. The molecule has 1 N–H and O–H groups in total. The first-order valence-electron chi connectivity index (χ1n) is 8.07. The van der Waals surface area contributed by atoms with Gasteiger partial charge in [-0.2, -0.15) is 5.10 Å². The fourth-order valence-corrected chi connectivity index (χ4v) is 4.86. The van der Waals surface area contributed by atoms with Gasteiger partial charge in [-0.1, -0.05) is 38.5 Å². The van der Waals surface area contributed by atoms with Crippen LogP contribution in [0.1, 0.15) is 50.8 Å². The molecule has 0 bridgehead atoms. The molecule has 1 aromatic rings. The van der Waals surface area contributed by atoms with Crippen LogP contribution in [0.25, 0.3) is 0 Å². The average Bonchev–Trinajstić information content (AvgIpc) is 3.00. The summed E-state index contributed by atoms with van der Waals surface area (Å²) < 4.78 is 1.90. The van der Waals surface area contributed by atoms with Crippen LogP contribution in [0, 0.1) is 5.92 Å². The highest BCUT2D eigenvalue weighted by Crippen LogP contribution is 2.38. The van der Waals surface area contributed by atoms with E-state index in [1.807, 2.05) is 23.5 Å². The zero-order chi connectivity index (χ0) is 14.9. The van der Waals surface area contributed by atoms with Gasteiger partial charge in [0.1, 0.15) is 0 Å². The summed E-state index contributed by atoms with van der Waals surface area (Å²) in [6, 6.07) is 0. The smallest absolute Gasteiger partial charge is 0.157 e. The summed E-state index contributed by atoms with van der Waals surface area (Å²) in [7, 11) is 1.98. The van der Waals surface area contributed by atoms with Crippen LogP contribution in [-0.2, 0) is 20.0 Å². The van der Waals surface area contributed by atoms with Gasteiger partial charge in [-0.25, -0.2) is 0 Å². The summed E-state index contributed by atoms with van der Waals surface area (Å²) >= 11 is 1.90. The molecule has 1 saturated heterocycles. The van der Waals surface area contributed by atoms with Crippen molar-refractivity contribution in [2.45, 2.75) is 58.0 Å². The van der Waals surface area contributed by atoms with Gasteiger partial charge in [0, 0.05) is 30.1 Å². The Morgan fingerprint density at radius 3 is 3.19 bits per heavy atom. The molecule has 2 aliphatic rings. The maximum Gasteiger partial charge on any atom is 0.157 e. The largest absolute Gasteiger partial charge is 0.359 e. The van der Waals surface area contributed by atoms with Gasteiger partial charge in [0.25, 0.3) is 0 Å². The van der Waals surface area contributed by atoms with E-state index < -0.39 is 0 Å². The highest BCUT2D eigenvalue weighted by atomic mass is 32.2. The van der Waals surface area contributed by atoms with Crippen LogP contribution < -0.4 is 5.32 Å². The fourth-order valence-electron chi connectivity index (χ4n) is 3.67. The first-order valence-corrected chi connectivity index (χ1v) is 9.05. The molecule has 2 fully saturated rings. The number of rotatable bonds is 3. The van der Waals surface area contributed by atoms with Gasteiger partial charge in [0.2, 0.25) is 0 Å². The van der Waals surface area contributed by atoms with Crippen molar-refractivity contribution in [1.82, 2.24) is 15.1 Å². The van der Waals surface area contributed by atoms with Crippen LogP contribution in [0.2, 0.25) is 0 Å². The zero-order valence-electron chi connectivity index (χ0n) is 13.4. The second kappa shape index (κ2) is 6.03. The van der Waals surface area contributed by atoms with E-state index in [-0.39, 0.29) is 0 Å². The molecule has 1 spiro atoms. The average molecular weight is 306 g/mol. The minimum Gasteiger partial charge on any atom is -0.359 e. The Labute approximate surface area is 131 Å². The third kappa shape index (κ3) is 3.28. The van der Waals surface area contributed by atoms with Crippen LogP contribution in [0.5, 0.6) is 0 Å². The summed E-state index contributed by atoms with van der Waals surface area (Å²) in [6.45, 7) is 5.28. The predicted molar refractivity (Wildman–Crippen MR) is 89.7 cm³/mol. The minimum absolute atomic E-state index is 0.323. The Bertz CT molecular complexity index is 536. The normalized spacial score (nSPS) is 31.0. The van der Waals surface area contributed by atoms with E-state index in [4.69, 9.17) is 4.99 Å². The number of aryl methyl sites for hydroxylation is 2. The summed E-state index contributed by atoms with van der Waals surface area (Å²) in [6.07, 6.45) is 8.41. The molecule has 1 aliphatic carbocycles. The molecule has 1 aromatic heterocycles. The van der Waals surface area contributed by atoms with Crippen molar-refractivity contribution in [3.05, 3.63) is 17.5 Å². The number of aromatic nitrogens is 2. The molecule has 3 rings (SSSR count). The van der Waals surface area contributed by atoms with Gasteiger partial charge < -0.3 is 5.32 Å². The highest BCUT2D eigenvalue weighted by molar-refractivity contribution is 8.14. The Morgan fingerprint density at radius 2 is 2.43 bits per heavy atom. The van der Waals surface area contributed by atoms with Gasteiger partial charge in [0.05, 0.1) is 12.2 Å². The molecule has 2 heterocycles. The molecular formula is C16H26N4S. The Kier molecular flexibility index (Phi) is 4.29. The fraction of sp³-hybridized carbons (Fsp3) is 0.750. The number of nitrogens with one attached hydrogen (secondary N) is 1. The number of nitrogens with zero attached hydrogens (tertiary/aromatic N) is 3. The van der Waals surface area contributed by atoms with E-state index in [0.717, 1.165) is 24.1 Å². The van der Waals surface area contributed by atoms with Crippen molar-refractivity contribution in [1.29, 1.82) is 0 Å². The lowest BCUT2D eigenvalue weighted by molar-refractivity contribution is 0.242. The quantitative estimate of drug-likeness (QED) is 0.933. The number of amidine groups is 1. The summed E-state index contributed by atoms with van der Waals surface area (Å²) in [4.78, 5) is 4.81. The number of hydrogen-bond donors (Lipinski definition) is 1. The first kappa shape index (κ1) is 14.9. The molecule has 0 aromatic carbocycles. The van der Waals surface area contributed by atoms with E-state index in [0.29, 0.717) is 5.54 Å². The van der Waals surface area contributed by atoms with Gasteiger partial charge in [0.15, 0.2) is 5.17 Å². The van der Waals surface area contributed by atoms with Crippen molar-refractivity contribution >= 4 is 16.9 Å².